The first-order valence-corrected chi connectivity index (χ1v) is 11.5. The Balaban J connectivity index is 1.28. The highest BCUT2D eigenvalue weighted by atomic mass is 16.6. The van der Waals surface area contributed by atoms with Gasteiger partial charge in [-0.05, 0) is 74.3 Å². The summed E-state index contributed by atoms with van der Waals surface area (Å²) >= 11 is 0. The Morgan fingerprint density at radius 1 is 1.10 bits per heavy atom. The van der Waals surface area contributed by atoms with E-state index in [1.165, 1.54) is 29.5 Å². The van der Waals surface area contributed by atoms with Gasteiger partial charge < -0.3 is 19.5 Å². The third-order valence-corrected chi connectivity index (χ3v) is 6.36. The van der Waals surface area contributed by atoms with Crippen LogP contribution in [-0.2, 0) is 16.0 Å². The molecule has 2 aliphatic rings. The minimum Gasteiger partial charge on any atom is -0.486 e. The fourth-order valence-corrected chi connectivity index (χ4v) is 4.65. The fraction of sp³-hybridized carbons (Fsp3) is 0.500. The number of rotatable bonds is 8. The zero-order chi connectivity index (χ0) is 21.6. The van der Waals surface area contributed by atoms with Crippen molar-refractivity contribution in [3.05, 3.63) is 59.2 Å². The van der Waals surface area contributed by atoms with Crippen molar-refractivity contribution < 1.29 is 19.0 Å². The zero-order valence-corrected chi connectivity index (χ0v) is 18.6. The van der Waals surface area contributed by atoms with Crippen LogP contribution in [0.4, 0.5) is 0 Å². The maximum Gasteiger partial charge on any atom is 0.306 e. The molecule has 2 aromatic rings. The second-order valence-electron chi connectivity index (χ2n) is 8.54. The van der Waals surface area contributed by atoms with Crippen molar-refractivity contribution in [2.75, 3.05) is 19.8 Å². The van der Waals surface area contributed by atoms with E-state index in [4.69, 9.17) is 14.2 Å². The van der Waals surface area contributed by atoms with E-state index in [1.54, 1.807) is 0 Å². The Bertz CT molecular complexity index is 879. The molecule has 3 atom stereocenters. The Morgan fingerprint density at radius 3 is 2.65 bits per heavy atom. The van der Waals surface area contributed by atoms with Crippen LogP contribution >= 0.6 is 0 Å². The van der Waals surface area contributed by atoms with Gasteiger partial charge in [0, 0.05) is 18.5 Å². The number of esters is 1. The van der Waals surface area contributed by atoms with Crippen LogP contribution in [0.25, 0.3) is 0 Å². The minimum atomic E-state index is -0.122. The van der Waals surface area contributed by atoms with E-state index in [1.807, 2.05) is 13.0 Å². The van der Waals surface area contributed by atoms with E-state index in [2.05, 4.69) is 48.6 Å². The molecule has 1 saturated carbocycles. The van der Waals surface area contributed by atoms with Crippen LogP contribution in [0.15, 0.2) is 42.5 Å². The maximum atomic E-state index is 11.5. The standard InChI is InChI=1S/C26H33NO4/c1-3-29-26(28)13-6-19-4-7-20(8-5-19)22-9-11-23(16-22)27-18(2)21-10-12-24-25(17-21)31-15-14-30-24/h4-5,7-8,10,12,17-18,22-23,27H,3,6,9,11,13-16H2,1-2H3/t18-,22+,23?/m1/s1. The molecule has 1 fully saturated rings. The Morgan fingerprint density at radius 2 is 1.87 bits per heavy atom. The van der Waals surface area contributed by atoms with Gasteiger partial charge in [-0.1, -0.05) is 30.3 Å². The first-order valence-electron chi connectivity index (χ1n) is 11.5. The lowest BCUT2D eigenvalue weighted by atomic mass is 9.95. The van der Waals surface area contributed by atoms with Crippen molar-refractivity contribution in [2.24, 2.45) is 0 Å². The second-order valence-corrected chi connectivity index (χ2v) is 8.54. The third-order valence-electron chi connectivity index (χ3n) is 6.36. The highest BCUT2D eigenvalue weighted by Gasteiger charge is 2.27. The van der Waals surface area contributed by atoms with Gasteiger partial charge in [0.15, 0.2) is 11.5 Å². The highest BCUT2D eigenvalue weighted by Crippen LogP contribution is 2.37. The summed E-state index contributed by atoms with van der Waals surface area (Å²) in [6.07, 6.45) is 4.72. The number of carbonyl (C=O) groups is 1. The number of aryl methyl sites for hydroxylation is 1. The van der Waals surface area contributed by atoms with E-state index >= 15 is 0 Å². The number of ether oxygens (including phenoxy) is 3. The topological polar surface area (TPSA) is 56.8 Å². The van der Waals surface area contributed by atoms with Gasteiger partial charge in [-0.2, -0.15) is 0 Å². The van der Waals surface area contributed by atoms with Gasteiger partial charge >= 0.3 is 5.97 Å². The van der Waals surface area contributed by atoms with Crippen molar-refractivity contribution in [3.63, 3.8) is 0 Å². The quantitative estimate of drug-likeness (QED) is 0.610. The predicted octanol–water partition coefficient (Wildman–Crippen LogP) is 4.94. The van der Waals surface area contributed by atoms with E-state index in [9.17, 15) is 4.79 Å². The molecule has 5 heteroatoms. The maximum absolute atomic E-state index is 11.5. The summed E-state index contributed by atoms with van der Waals surface area (Å²) in [5, 5.41) is 3.81. The minimum absolute atomic E-state index is 0.122. The average Bonchev–Trinajstić information content (AvgIpc) is 3.26. The molecule has 0 amide bonds. The van der Waals surface area contributed by atoms with Crippen molar-refractivity contribution in [1.29, 1.82) is 0 Å². The van der Waals surface area contributed by atoms with Crippen molar-refractivity contribution >= 4 is 5.97 Å². The lowest BCUT2D eigenvalue weighted by Crippen LogP contribution is -2.29. The Labute approximate surface area is 185 Å². The molecule has 0 bridgehead atoms. The molecule has 1 N–H and O–H groups in total. The molecule has 1 unspecified atom stereocenters. The summed E-state index contributed by atoms with van der Waals surface area (Å²) in [7, 11) is 0. The van der Waals surface area contributed by atoms with Crippen molar-refractivity contribution in [2.45, 2.75) is 64.0 Å². The van der Waals surface area contributed by atoms with E-state index in [0.29, 0.717) is 38.2 Å². The van der Waals surface area contributed by atoms with Crippen LogP contribution in [0.3, 0.4) is 0 Å². The van der Waals surface area contributed by atoms with Gasteiger partial charge in [0.1, 0.15) is 13.2 Å². The van der Waals surface area contributed by atoms with Crippen LogP contribution in [-0.4, -0.2) is 31.8 Å². The van der Waals surface area contributed by atoms with E-state index in [0.717, 1.165) is 24.3 Å². The highest BCUT2D eigenvalue weighted by molar-refractivity contribution is 5.69. The van der Waals surface area contributed by atoms with Crippen molar-refractivity contribution in [3.8, 4) is 11.5 Å². The molecule has 166 valence electrons. The molecule has 5 nitrogen and oxygen atoms in total. The molecule has 0 aromatic heterocycles. The van der Waals surface area contributed by atoms with Gasteiger partial charge in [0.05, 0.1) is 6.61 Å². The summed E-state index contributed by atoms with van der Waals surface area (Å²) in [6.45, 7) is 5.74. The molecule has 4 rings (SSSR count). The Kier molecular flexibility index (Phi) is 7.13. The lowest BCUT2D eigenvalue weighted by molar-refractivity contribution is -0.143. The largest absolute Gasteiger partial charge is 0.486 e. The van der Waals surface area contributed by atoms with Gasteiger partial charge in [-0.25, -0.2) is 0 Å². The number of hydrogen-bond acceptors (Lipinski definition) is 5. The van der Waals surface area contributed by atoms with E-state index < -0.39 is 0 Å². The molecular formula is C26H33NO4. The first-order chi connectivity index (χ1) is 15.1. The van der Waals surface area contributed by atoms with Crippen LogP contribution in [0.5, 0.6) is 11.5 Å². The van der Waals surface area contributed by atoms with Crippen LogP contribution in [0.2, 0.25) is 0 Å². The Hall–Kier alpha value is -2.53. The average molecular weight is 424 g/mol. The summed E-state index contributed by atoms with van der Waals surface area (Å²) in [4.78, 5) is 11.5. The molecule has 0 spiro atoms. The number of carbonyl (C=O) groups excluding carboxylic acids is 1. The van der Waals surface area contributed by atoms with Gasteiger partial charge in [0.25, 0.3) is 0 Å². The molecule has 31 heavy (non-hydrogen) atoms. The lowest BCUT2D eigenvalue weighted by Gasteiger charge is -2.23. The molecule has 1 aliphatic carbocycles. The van der Waals surface area contributed by atoms with Crippen molar-refractivity contribution in [1.82, 2.24) is 5.32 Å². The number of benzene rings is 2. The normalized spacial score (nSPS) is 21.0. The molecule has 1 heterocycles. The second kappa shape index (κ2) is 10.2. The first kappa shape index (κ1) is 21.7. The van der Waals surface area contributed by atoms with Crippen LogP contribution in [0.1, 0.15) is 68.2 Å². The molecule has 0 radical (unpaired) electrons. The van der Waals surface area contributed by atoms with Gasteiger partial charge in [-0.15, -0.1) is 0 Å². The fourth-order valence-electron chi connectivity index (χ4n) is 4.65. The predicted molar refractivity (Wildman–Crippen MR) is 121 cm³/mol. The molecule has 1 aliphatic heterocycles. The number of nitrogens with one attached hydrogen (secondary N) is 1. The SMILES string of the molecule is CCOC(=O)CCc1ccc([C@H]2CCC(N[C@H](C)c3ccc4c(c3)OCCO4)C2)cc1. The molecular weight excluding hydrogens is 390 g/mol. The molecule has 0 saturated heterocycles. The van der Waals surface area contributed by atoms with Crippen LogP contribution < -0.4 is 14.8 Å². The van der Waals surface area contributed by atoms with Gasteiger partial charge in [0.2, 0.25) is 0 Å². The smallest absolute Gasteiger partial charge is 0.306 e. The summed E-state index contributed by atoms with van der Waals surface area (Å²) in [6, 6.07) is 15.8. The number of fused-ring (bicyclic) bond motifs is 1. The monoisotopic (exact) mass is 423 g/mol. The summed E-state index contributed by atoms with van der Waals surface area (Å²) in [5.74, 6) is 2.16. The molecule has 2 aromatic carbocycles. The number of hydrogen-bond donors (Lipinski definition) is 1. The van der Waals surface area contributed by atoms with Gasteiger partial charge in [-0.3, -0.25) is 4.79 Å². The summed E-state index contributed by atoms with van der Waals surface area (Å²) in [5.41, 5.74) is 3.83. The third kappa shape index (κ3) is 5.59. The van der Waals surface area contributed by atoms with E-state index in [-0.39, 0.29) is 12.0 Å². The van der Waals surface area contributed by atoms with Crippen LogP contribution in [0, 0.1) is 0 Å². The zero-order valence-electron chi connectivity index (χ0n) is 18.6. The summed E-state index contributed by atoms with van der Waals surface area (Å²) < 4.78 is 16.4.